The van der Waals surface area contributed by atoms with Crippen LogP contribution >= 0.6 is 0 Å². The highest BCUT2D eigenvalue weighted by atomic mass is 19.4. The van der Waals surface area contributed by atoms with Gasteiger partial charge in [0.2, 0.25) is 0 Å². The molecule has 0 unspecified atom stereocenters. The van der Waals surface area contributed by atoms with E-state index in [9.17, 15) is 31.1 Å². The van der Waals surface area contributed by atoms with Crippen molar-refractivity contribution >= 4 is 0 Å². The third kappa shape index (κ3) is 3.49. The van der Waals surface area contributed by atoms with Gasteiger partial charge in [0.05, 0.1) is 0 Å². The van der Waals surface area contributed by atoms with Crippen LogP contribution in [0.3, 0.4) is 0 Å². The summed E-state index contributed by atoms with van der Waals surface area (Å²) in [4.78, 5) is 11.3. The lowest BCUT2D eigenvalue weighted by Gasteiger charge is -2.23. The average Bonchev–Trinajstić information content (AvgIpc) is 2.35. The number of halogens is 6. The lowest BCUT2D eigenvalue weighted by molar-refractivity contribution is -0.253. The van der Waals surface area contributed by atoms with E-state index in [1.54, 1.807) is 6.07 Å². The van der Waals surface area contributed by atoms with Crippen LogP contribution in [0.25, 0.3) is 11.3 Å². The van der Waals surface area contributed by atoms with Crippen molar-refractivity contribution in [1.82, 2.24) is 0 Å². The second-order valence-corrected chi connectivity index (χ2v) is 4.46. The largest absolute Gasteiger partial charge is 0.423 e. The Labute approximate surface area is 120 Å². The van der Waals surface area contributed by atoms with Crippen molar-refractivity contribution in [3.05, 3.63) is 58.4 Å². The molecule has 1 aromatic heterocycles. The molecule has 0 N–H and O–H groups in total. The fourth-order valence-electron chi connectivity index (χ4n) is 1.97. The van der Waals surface area contributed by atoms with Crippen LogP contribution in [-0.2, 0) is 0 Å². The van der Waals surface area contributed by atoms with Gasteiger partial charge < -0.3 is 4.42 Å². The minimum Gasteiger partial charge on any atom is -0.423 e. The fourth-order valence-corrected chi connectivity index (χ4v) is 1.97. The Morgan fingerprint density at radius 1 is 0.864 bits per heavy atom. The molecule has 0 fully saturated rings. The summed E-state index contributed by atoms with van der Waals surface area (Å²) in [6, 6.07) is 8.20. The van der Waals surface area contributed by atoms with E-state index in [0.717, 1.165) is 0 Å². The molecule has 118 valence electrons. The van der Waals surface area contributed by atoms with Gasteiger partial charge in [0.15, 0.2) is 5.92 Å². The summed E-state index contributed by atoms with van der Waals surface area (Å²) in [5.41, 5.74) is -2.28. The number of alkyl halides is 6. The maximum atomic E-state index is 12.7. The molecule has 0 atom stereocenters. The molecular formula is C14H8F6O2. The molecular weight excluding hydrogens is 314 g/mol. The van der Waals surface area contributed by atoms with E-state index in [1.165, 1.54) is 24.3 Å². The van der Waals surface area contributed by atoms with Gasteiger partial charge in [-0.15, -0.1) is 0 Å². The lowest BCUT2D eigenvalue weighted by Crippen LogP contribution is -2.34. The third-order valence-corrected chi connectivity index (χ3v) is 2.84. The predicted molar refractivity (Wildman–Crippen MR) is 65.3 cm³/mol. The third-order valence-electron chi connectivity index (χ3n) is 2.84. The highest BCUT2D eigenvalue weighted by Crippen LogP contribution is 2.46. The van der Waals surface area contributed by atoms with Crippen LogP contribution in [-0.4, -0.2) is 12.4 Å². The van der Waals surface area contributed by atoms with Gasteiger partial charge in [-0.25, -0.2) is 4.79 Å². The molecule has 0 aliphatic carbocycles. The maximum Gasteiger partial charge on any atom is 0.404 e. The Morgan fingerprint density at radius 2 is 1.41 bits per heavy atom. The van der Waals surface area contributed by atoms with Crippen molar-refractivity contribution in [3.8, 4) is 11.3 Å². The second-order valence-electron chi connectivity index (χ2n) is 4.46. The van der Waals surface area contributed by atoms with Gasteiger partial charge in [-0.1, -0.05) is 30.3 Å². The van der Waals surface area contributed by atoms with Gasteiger partial charge in [-0.2, -0.15) is 26.3 Å². The molecule has 1 heterocycles. The van der Waals surface area contributed by atoms with Crippen LogP contribution in [0.15, 0.2) is 51.7 Å². The van der Waals surface area contributed by atoms with Crippen LogP contribution in [0.5, 0.6) is 0 Å². The van der Waals surface area contributed by atoms with E-state index in [1.807, 2.05) is 0 Å². The van der Waals surface area contributed by atoms with Gasteiger partial charge in [0.25, 0.3) is 0 Å². The van der Waals surface area contributed by atoms with Crippen molar-refractivity contribution < 1.29 is 30.8 Å². The lowest BCUT2D eigenvalue weighted by atomic mass is 9.97. The molecule has 0 saturated carbocycles. The number of hydrogen-bond acceptors (Lipinski definition) is 2. The van der Waals surface area contributed by atoms with Crippen LogP contribution in [0.4, 0.5) is 26.3 Å². The van der Waals surface area contributed by atoms with E-state index in [-0.39, 0.29) is 17.4 Å². The van der Waals surface area contributed by atoms with Crippen LogP contribution < -0.4 is 5.63 Å². The second kappa shape index (κ2) is 5.51. The number of benzene rings is 1. The predicted octanol–water partition coefficient (Wildman–Crippen LogP) is 4.52. The van der Waals surface area contributed by atoms with Crippen LogP contribution in [0.1, 0.15) is 11.5 Å². The van der Waals surface area contributed by atoms with Crippen molar-refractivity contribution in [2.45, 2.75) is 18.3 Å². The summed E-state index contributed by atoms with van der Waals surface area (Å²) < 4.78 is 81.0. The van der Waals surface area contributed by atoms with E-state index in [2.05, 4.69) is 4.42 Å². The number of rotatable bonds is 2. The maximum absolute atomic E-state index is 12.7. The molecule has 0 spiro atoms. The summed E-state index contributed by atoms with van der Waals surface area (Å²) in [7, 11) is 0. The Kier molecular flexibility index (Phi) is 4.04. The molecule has 2 rings (SSSR count). The molecule has 2 nitrogen and oxygen atoms in total. The molecule has 8 heteroatoms. The van der Waals surface area contributed by atoms with Gasteiger partial charge in [0.1, 0.15) is 5.76 Å². The fraction of sp³-hybridized carbons (Fsp3) is 0.214. The Bertz CT molecular complexity index is 686. The molecule has 0 saturated heterocycles. The summed E-state index contributed by atoms with van der Waals surface area (Å²) in [5, 5.41) is 0. The van der Waals surface area contributed by atoms with Crippen LogP contribution in [0.2, 0.25) is 0 Å². The smallest absolute Gasteiger partial charge is 0.404 e. The quantitative estimate of drug-likeness (QED) is 0.761. The minimum absolute atomic E-state index is 0.199. The van der Waals surface area contributed by atoms with Crippen molar-refractivity contribution in [3.63, 3.8) is 0 Å². The monoisotopic (exact) mass is 322 g/mol. The van der Waals surface area contributed by atoms with E-state index >= 15 is 0 Å². The molecule has 0 bridgehead atoms. The van der Waals surface area contributed by atoms with E-state index in [4.69, 9.17) is 0 Å². The molecule has 2 aromatic rings. The first-order valence-corrected chi connectivity index (χ1v) is 5.93. The molecule has 0 radical (unpaired) electrons. The number of hydrogen-bond donors (Lipinski definition) is 0. The summed E-state index contributed by atoms with van der Waals surface area (Å²) in [5.74, 6) is -4.10. The molecule has 0 amide bonds. The highest BCUT2D eigenvalue weighted by Gasteiger charge is 2.57. The SMILES string of the molecule is O=c1cc(C(C(F)(F)F)C(F)(F)F)cc(-c2ccccc2)o1. The molecule has 0 aliphatic heterocycles. The van der Waals surface area contributed by atoms with E-state index < -0.39 is 29.5 Å². The zero-order valence-corrected chi connectivity index (χ0v) is 10.7. The Morgan fingerprint density at radius 3 is 1.91 bits per heavy atom. The van der Waals surface area contributed by atoms with E-state index in [0.29, 0.717) is 6.07 Å². The average molecular weight is 322 g/mol. The Hall–Kier alpha value is -2.25. The van der Waals surface area contributed by atoms with Crippen molar-refractivity contribution in [1.29, 1.82) is 0 Å². The molecule has 1 aromatic carbocycles. The van der Waals surface area contributed by atoms with Gasteiger partial charge >= 0.3 is 18.0 Å². The first kappa shape index (κ1) is 16.1. The van der Waals surface area contributed by atoms with Crippen molar-refractivity contribution in [2.24, 2.45) is 0 Å². The van der Waals surface area contributed by atoms with Crippen molar-refractivity contribution in [2.75, 3.05) is 0 Å². The van der Waals surface area contributed by atoms with Crippen LogP contribution in [0, 0.1) is 0 Å². The van der Waals surface area contributed by atoms with Gasteiger partial charge in [-0.3, -0.25) is 0 Å². The van der Waals surface area contributed by atoms with Gasteiger partial charge in [-0.05, 0) is 11.6 Å². The first-order valence-electron chi connectivity index (χ1n) is 5.93. The normalized spacial score (nSPS) is 12.7. The topological polar surface area (TPSA) is 30.2 Å². The Balaban J connectivity index is 2.61. The zero-order chi connectivity index (χ0) is 16.5. The molecule has 22 heavy (non-hydrogen) atoms. The standard InChI is InChI=1S/C14H8F6O2/c15-13(16,17)12(14(18,19)20)9-6-10(22-11(21)7-9)8-4-2-1-3-5-8/h1-7,12H. The summed E-state index contributed by atoms with van der Waals surface area (Å²) in [6.07, 6.45) is -11.1. The zero-order valence-electron chi connectivity index (χ0n) is 10.7. The highest BCUT2D eigenvalue weighted by molar-refractivity contribution is 5.57. The minimum atomic E-state index is -5.57. The van der Waals surface area contributed by atoms with Gasteiger partial charge in [0, 0.05) is 11.6 Å². The molecule has 0 aliphatic rings. The summed E-state index contributed by atoms with van der Waals surface area (Å²) >= 11 is 0. The summed E-state index contributed by atoms with van der Waals surface area (Å²) in [6.45, 7) is 0. The first-order chi connectivity index (χ1) is 10.1.